The lowest BCUT2D eigenvalue weighted by molar-refractivity contribution is -0.870. The molecule has 0 radical (unpaired) electrons. The van der Waals surface area contributed by atoms with Crippen LogP contribution in [0.25, 0.3) is 0 Å². The summed E-state index contributed by atoms with van der Waals surface area (Å²) in [4.78, 5) is 35.8. The Morgan fingerprint density at radius 2 is 0.695 bits per heavy atom. The largest absolute Gasteiger partial charge is 0.472 e. The number of quaternary nitrogens is 1. The van der Waals surface area contributed by atoms with Crippen molar-refractivity contribution in [3.63, 3.8) is 0 Å². The van der Waals surface area contributed by atoms with Crippen molar-refractivity contribution in [1.82, 2.24) is 0 Å². The second kappa shape index (κ2) is 61.7. The van der Waals surface area contributed by atoms with Crippen LogP contribution in [0.5, 0.6) is 0 Å². The Bertz CT molecular complexity index is 1850. The first-order chi connectivity index (χ1) is 40.0. The zero-order valence-corrected chi connectivity index (χ0v) is 54.1. The number of ether oxygens (including phenoxy) is 2. The lowest BCUT2D eigenvalue weighted by atomic mass is 10.1. The van der Waals surface area contributed by atoms with E-state index < -0.39 is 26.5 Å². The molecular formula is C72H123NO8P+. The van der Waals surface area contributed by atoms with Gasteiger partial charge in [-0.3, -0.25) is 18.6 Å². The molecule has 0 fully saturated rings. The van der Waals surface area contributed by atoms with Crippen LogP contribution in [-0.2, 0) is 32.7 Å². The van der Waals surface area contributed by atoms with Gasteiger partial charge in [-0.25, -0.2) is 4.57 Å². The Morgan fingerprint density at radius 3 is 1.04 bits per heavy atom. The Kier molecular flexibility index (Phi) is 58.8. The van der Waals surface area contributed by atoms with E-state index in [-0.39, 0.29) is 32.0 Å². The van der Waals surface area contributed by atoms with E-state index in [0.29, 0.717) is 17.4 Å². The van der Waals surface area contributed by atoms with E-state index in [0.717, 1.165) is 109 Å². The number of hydrogen-bond donors (Lipinski definition) is 1. The fraction of sp³-hybridized carbons (Fsp3) is 0.667. The number of carbonyl (C=O) groups is 2. The SMILES string of the molecule is CC/C=C\C/C=C\C/C=C\C/C=C\C/C=C\C/C=C\C/C=C\C/C=C\C/C=C\CCCCCCCCCCCC(=O)OC(COC(=O)CCCCCCCCCCC/C=C\C/C=C\CCCCCCC)COP(=O)(O)OCC[N+](C)(C)C. The molecule has 0 aromatic carbocycles. The number of allylic oxidation sites excluding steroid dienone is 22. The summed E-state index contributed by atoms with van der Waals surface area (Å²) in [5, 5.41) is 0. The van der Waals surface area contributed by atoms with Gasteiger partial charge in [0.05, 0.1) is 27.7 Å². The number of phosphoric ester groups is 1. The first kappa shape index (κ1) is 78.1. The third-order valence-electron chi connectivity index (χ3n) is 13.7. The van der Waals surface area contributed by atoms with Gasteiger partial charge < -0.3 is 18.9 Å². The van der Waals surface area contributed by atoms with Crippen molar-refractivity contribution in [1.29, 1.82) is 0 Å². The molecule has 2 atom stereocenters. The quantitative estimate of drug-likeness (QED) is 0.0211. The molecule has 0 saturated carbocycles. The zero-order chi connectivity index (χ0) is 59.8. The lowest BCUT2D eigenvalue weighted by Gasteiger charge is -2.24. The molecule has 9 nitrogen and oxygen atoms in total. The molecule has 0 bridgehead atoms. The van der Waals surface area contributed by atoms with Crippen LogP contribution < -0.4 is 0 Å². The molecule has 0 spiro atoms. The maximum Gasteiger partial charge on any atom is 0.472 e. The Balaban J connectivity index is 4.14. The molecular weight excluding hydrogens is 1040 g/mol. The van der Waals surface area contributed by atoms with Gasteiger partial charge in [0.2, 0.25) is 0 Å². The molecule has 0 rings (SSSR count). The molecule has 2 unspecified atom stereocenters. The maximum atomic E-state index is 12.9. The summed E-state index contributed by atoms with van der Waals surface area (Å²) in [6, 6.07) is 0. The third kappa shape index (κ3) is 65.3. The first-order valence-electron chi connectivity index (χ1n) is 32.9. The molecule has 82 heavy (non-hydrogen) atoms. The summed E-state index contributed by atoms with van der Waals surface area (Å²) in [5.41, 5.74) is 0. The van der Waals surface area contributed by atoms with Crippen LogP contribution in [0.4, 0.5) is 0 Å². The first-order valence-corrected chi connectivity index (χ1v) is 34.4. The summed E-state index contributed by atoms with van der Waals surface area (Å²) < 4.78 is 34.6. The van der Waals surface area contributed by atoms with Gasteiger partial charge in [0.25, 0.3) is 0 Å². The average molecular weight is 1160 g/mol. The van der Waals surface area contributed by atoms with Crippen molar-refractivity contribution < 1.29 is 42.1 Å². The number of nitrogens with zero attached hydrogens (tertiary/aromatic N) is 1. The summed E-state index contributed by atoms with van der Waals surface area (Å²) in [6.45, 7) is 4.30. The second-order valence-corrected chi connectivity index (χ2v) is 24.2. The number of rotatable bonds is 59. The fourth-order valence-corrected chi connectivity index (χ4v) is 9.37. The van der Waals surface area contributed by atoms with Crippen LogP contribution in [-0.4, -0.2) is 74.9 Å². The van der Waals surface area contributed by atoms with Crippen LogP contribution in [0.3, 0.4) is 0 Å². The molecule has 0 aliphatic carbocycles. The molecule has 10 heteroatoms. The topological polar surface area (TPSA) is 108 Å². The summed E-state index contributed by atoms with van der Waals surface area (Å²) in [5.74, 6) is -0.813. The summed E-state index contributed by atoms with van der Waals surface area (Å²) in [7, 11) is 1.46. The molecule has 0 aromatic rings. The van der Waals surface area contributed by atoms with Gasteiger partial charge in [0.15, 0.2) is 6.10 Å². The van der Waals surface area contributed by atoms with Gasteiger partial charge in [-0.15, -0.1) is 0 Å². The van der Waals surface area contributed by atoms with Crippen molar-refractivity contribution in [3.8, 4) is 0 Å². The molecule has 0 aliphatic rings. The lowest BCUT2D eigenvalue weighted by Crippen LogP contribution is -2.37. The Morgan fingerprint density at radius 1 is 0.390 bits per heavy atom. The number of carbonyl (C=O) groups excluding carboxylic acids is 2. The number of hydrogen-bond acceptors (Lipinski definition) is 7. The van der Waals surface area contributed by atoms with Gasteiger partial charge in [-0.1, -0.05) is 263 Å². The zero-order valence-electron chi connectivity index (χ0n) is 53.2. The van der Waals surface area contributed by atoms with Crippen LogP contribution in [0, 0.1) is 0 Å². The Hall–Kier alpha value is -3.85. The smallest absolute Gasteiger partial charge is 0.462 e. The van der Waals surface area contributed by atoms with E-state index in [1.54, 1.807) is 0 Å². The highest BCUT2D eigenvalue weighted by Gasteiger charge is 2.27. The minimum atomic E-state index is -4.40. The average Bonchev–Trinajstić information content (AvgIpc) is 3.46. The van der Waals surface area contributed by atoms with Crippen molar-refractivity contribution in [2.24, 2.45) is 0 Å². The number of esters is 2. The summed E-state index contributed by atoms with van der Waals surface area (Å²) in [6.07, 6.45) is 89.6. The van der Waals surface area contributed by atoms with Crippen LogP contribution >= 0.6 is 7.82 Å². The molecule has 0 amide bonds. The highest BCUT2D eigenvalue weighted by atomic mass is 31.2. The van der Waals surface area contributed by atoms with Gasteiger partial charge in [-0.2, -0.15) is 0 Å². The number of phosphoric acid groups is 1. The predicted molar refractivity (Wildman–Crippen MR) is 353 cm³/mol. The molecule has 0 heterocycles. The van der Waals surface area contributed by atoms with Crippen molar-refractivity contribution in [3.05, 3.63) is 134 Å². The van der Waals surface area contributed by atoms with Gasteiger partial charge in [-0.05, 0) is 116 Å². The second-order valence-electron chi connectivity index (χ2n) is 22.8. The van der Waals surface area contributed by atoms with E-state index in [1.165, 1.54) is 116 Å². The van der Waals surface area contributed by atoms with Gasteiger partial charge in [0.1, 0.15) is 19.8 Å². The van der Waals surface area contributed by atoms with Crippen molar-refractivity contribution in [2.75, 3.05) is 47.5 Å². The van der Waals surface area contributed by atoms with Gasteiger partial charge in [0, 0.05) is 12.8 Å². The van der Waals surface area contributed by atoms with E-state index in [2.05, 4.69) is 148 Å². The predicted octanol–water partition coefficient (Wildman–Crippen LogP) is 21.3. The molecule has 0 aliphatic heterocycles. The maximum absolute atomic E-state index is 12.9. The van der Waals surface area contributed by atoms with E-state index >= 15 is 0 Å². The van der Waals surface area contributed by atoms with Crippen molar-refractivity contribution in [2.45, 2.75) is 264 Å². The van der Waals surface area contributed by atoms with E-state index in [1.807, 2.05) is 21.1 Å². The number of unbranched alkanes of at least 4 members (excludes halogenated alkanes) is 23. The highest BCUT2D eigenvalue weighted by molar-refractivity contribution is 7.47. The normalized spacial score (nSPS) is 14.1. The van der Waals surface area contributed by atoms with Crippen LogP contribution in [0.2, 0.25) is 0 Å². The fourth-order valence-electron chi connectivity index (χ4n) is 8.63. The van der Waals surface area contributed by atoms with Crippen LogP contribution in [0.1, 0.15) is 258 Å². The number of likely N-dealkylation sites (N-methyl/N-ethyl adjacent to an activating group) is 1. The molecule has 0 aromatic heterocycles. The van der Waals surface area contributed by atoms with E-state index in [9.17, 15) is 19.0 Å². The monoisotopic (exact) mass is 1160 g/mol. The molecule has 468 valence electrons. The van der Waals surface area contributed by atoms with Crippen LogP contribution in [0.15, 0.2) is 134 Å². The minimum absolute atomic E-state index is 0.0236. The highest BCUT2D eigenvalue weighted by Crippen LogP contribution is 2.43. The van der Waals surface area contributed by atoms with Gasteiger partial charge >= 0.3 is 19.8 Å². The molecule has 0 saturated heterocycles. The minimum Gasteiger partial charge on any atom is -0.462 e. The Labute approximate surface area is 504 Å². The van der Waals surface area contributed by atoms with Crippen molar-refractivity contribution >= 4 is 19.8 Å². The molecule has 1 N–H and O–H groups in total. The van der Waals surface area contributed by atoms with E-state index in [4.69, 9.17) is 18.5 Å². The standard InChI is InChI=1S/C72H122NO8P/c1-6-8-10-12-14-16-18-20-22-24-26-28-29-30-31-32-33-34-35-36-37-38-39-40-41-42-43-45-47-49-51-53-55-57-59-61-63-65-72(75)81-70(69-80-82(76,77)79-67-66-73(3,4)5)68-78-71(74)64-62-60-58-56-54-52-50-48-46-44-27-25-23-21-19-17-15-13-11-9-7-2/h8,10,14,16,19-22,25-28,30-31,33-34,36-37,39-40,42-43,70H,6-7,9,11-13,15,17-18,23-24,29,32,35,38,41,44-69H2,1-5H3/p+1/b10-8-,16-14-,21-19-,22-20-,27-25-,28-26-,31-30-,34-33-,37-36-,40-39-,43-42-. The third-order valence-corrected chi connectivity index (χ3v) is 14.6. The summed E-state index contributed by atoms with van der Waals surface area (Å²) >= 11 is 0.